The van der Waals surface area contributed by atoms with E-state index in [9.17, 15) is 0 Å². The summed E-state index contributed by atoms with van der Waals surface area (Å²) in [5.41, 5.74) is 3.05. The molecular weight excluding hydrogens is 204 g/mol. The summed E-state index contributed by atoms with van der Waals surface area (Å²) < 4.78 is 0. The summed E-state index contributed by atoms with van der Waals surface area (Å²) >= 11 is 0. The van der Waals surface area contributed by atoms with Crippen molar-refractivity contribution in [3.05, 3.63) is 71.8 Å². The average molecular weight is 222 g/mol. The Kier molecular flexibility index (Phi) is 2.96. The number of rotatable bonds is 2. The largest absolute Gasteiger partial charge is 0.0811 e. The van der Waals surface area contributed by atoms with Gasteiger partial charge in [0.2, 0.25) is 0 Å². The summed E-state index contributed by atoms with van der Waals surface area (Å²) in [4.78, 5) is 0. The molecule has 0 saturated heterocycles. The molecule has 0 heterocycles. The van der Waals surface area contributed by atoms with Crippen molar-refractivity contribution < 1.29 is 0 Å². The Labute approximate surface area is 103 Å². The third kappa shape index (κ3) is 2.41. The summed E-state index contributed by atoms with van der Waals surface area (Å²) in [5.74, 6) is 1.47. The van der Waals surface area contributed by atoms with E-state index in [1.165, 1.54) is 18.4 Å². The van der Waals surface area contributed by atoms with Crippen LogP contribution in [0.3, 0.4) is 0 Å². The van der Waals surface area contributed by atoms with Crippen LogP contribution in [0.4, 0.5) is 0 Å². The van der Waals surface area contributed by atoms with Crippen LogP contribution >= 0.6 is 0 Å². The minimum absolute atomic E-state index is 0.693. The Balaban J connectivity index is 1.73. The second-order valence-electron chi connectivity index (χ2n) is 5.04. The van der Waals surface area contributed by atoms with Crippen molar-refractivity contribution in [1.29, 1.82) is 0 Å². The standard InChI is InChI=1S/C17H18/c1-2-6-14(7-3-1)10-11-17-13-15-8-4-5-9-16(17)12-15/h1-9,11,15-16H,10,12-13H2/b17-11+. The van der Waals surface area contributed by atoms with E-state index in [-0.39, 0.29) is 0 Å². The maximum Gasteiger partial charge on any atom is -0.00141 e. The van der Waals surface area contributed by atoms with Gasteiger partial charge in [-0.15, -0.1) is 0 Å². The van der Waals surface area contributed by atoms with E-state index in [1.54, 1.807) is 5.57 Å². The summed E-state index contributed by atoms with van der Waals surface area (Å²) in [5, 5.41) is 0. The van der Waals surface area contributed by atoms with Crippen molar-refractivity contribution in [2.24, 2.45) is 11.8 Å². The fourth-order valence-electron chi connectivity index (χ4n) is 2.88. The molecule has 1 aromatic rings. The normalized spacial score (nSPS) is 28.6. The predicted molar refractivity (Wildman–Crippen MR) is 72.7 cm³/mol. The molecule has 1 saturated carbocycles. The number of allylic oxidation sites excluding steroid dienone is 6. The van der Waals surface area contributed by atoms with Crippen molar-refractivity contribution in [2.75, 3.05) is 0 Å². The Bertz CT molecular complexity index is 462. The zero-order valence-corrected chi connectivity index (χ0v) is 10.0. The van der Waals surface area contributed by atoms with Crippen LogP contribution in [-0.2, 0) is 6.42 Å². The van der Waals surface area contributed by atoms with Crippen molar-refractivity contribution in [2.45, 2.75) is 19.3 Å². The molecule has 17 heavy (non-hydrogen) atoms. The topological polar surface area (TPSA) is 0 Å². The van der Waals surface area contributed by atoms with E-state index in [2.05, 4.69) is 60.7 Å². The second kappa shape index (κ2) is 4.75. The van der Waals surface area contributed by atoms with E-state index >= 15 is 0 Å². The average Bonchev–Trinajstić information content (AvgIpc) is 2.58. The van der Waals surface area contributed by atoms with Crippen LogP contribution in [0, 0.1) is 11.8 Å². The van der Waals surface area contributed by atoms with E-state index in [0.717, 1.165) is 12.3 Å². The molecule has 0 aliphatic heterocycles. The first-order valence-electron chi connectivity index (χ1n) is 6.49. The highest BCUT2D eigenvalue weighted by Gasteiger charge is 2.26. The molecule has 86 valence electrons. The van der Waals surface area contributed by atoms with Gasteiger partial charge in [-0.2, -0.15) is 0 Å². The van der Waals surface area contributed by atoms with Gasteiger partial charge < -0.3 is 0 Å². The summed E-state index contributed by atoms with van der Waals surface area (Å²) in [6, 6.07) is 10.7. The summed E-state index contributed by atoms with van der Waals surface area (Å²) in [7, 11) is 0. The van der Waals surface area contributed by atoms with E-state index in [4.69, 9.17) is 0 Å². The molecule has 0 aromatic heterocycles. The van der Waals surface area contributed by atoms with Gasteiger partial charge >= 0.3 is 0 Å². The molecule has 2 unspecified atom stereocenters. The highest BCUT2D eigenvalue weighted by molar-refractivity contribution is 5.28. The fourth-order valence-corrected chi connectivity index (χ4v) is 2.88. The van der Waals surface area contributed by atoms with E-state index in [0.29, 0.717) is 5.92 Å². The van der Waals surface area contributed by atoms with Crippen molar-refractivity contribution in [3.63, 3.8) is 0 Å². The van der Waals surface area contributed by atoms with Gasteiger partial charge in [0.25, 0.3) is 0 Å². The van der Waals surface area contributed by atoms with Crippen LogP contribution in [-0.4, -0.2) is 0 Å². The third-order valence-electron chi connectivity index (χ3n) is 3.81. The van der Waals surface area contributed by atoms with Crippen molar-refractivity contribution in [1.82, 2.24) is 0 Å². The monoisotopic (exact) mass is 222 g/mol. The van der Waals surface area contributed by atoms with E-state index < -0.39 is 0 Å². The molecule has 2 atom stereocenters. The van der Waals surface area contributed by atoms with Gasteiger partial charge in [-0.3, -0.25) is 0 Å². The number of hydrogen-bond donors (Lipinski definition) is 0. The highest BCUT2D eigenvalue weighted by Crippen LogP contribution is 2.39. The molecule has 0 heteroatoms. The molecule has 3 rings (SSSR count). The van der Waals surface area contributed by atoms with Gasteiger partial charge in [0.1, 0.15) is 0 Å². The zero-order chi connectivity index (χ0) is 11.5. The van der Waals surface area contributed by atoms with Crippen LogP contribution in [0.5, 0.6) is 0 Å². The molecule has 1 aromatic carbocycles. The molecule has 0 amide bonds. The minimum atomic E-state index is 0.693. The van der Waals surface area contributed by atoms with Gasteiger partial charge in [-0.05, 0) is 36.7 Å². The molecule has 0 radical (unpaired) electrons. The number of benzene rings is 1. The van der Waals surface area contributed by atoms with Crippen LogP contribution in [0.1, 0.15) is 18.4 Å². The van der Waals surface area contributed by atoms with Crippen LogP contribution in [0.25, 0.3) is 0 Å². The molecule has 0 N–H and O–H groups in total. The maximum atomic E-state index is 2.45. The zero-order valence-electron chi connectivity index (χ0n) is 10.0. The van der Waals surface area contributed by atoms with Gasteiger partial charge in [0.15, 0.2) is 0 Å². The highest BCUT2D eigenvalue weighted by atomic mass is 14.3. The van der Waals surface area contributed by atoms with Crippen molar-refractivity contribution >= 4 is 0 Å². The molecule has 0 nitrogen and oxygen atoms in total. The second-order valence-corrected chi connectivity index (χ2v) is 5.04. The fraction of sp³-hybridized carbons (Fsp3) is 0.294. The first-order chi connectivity index (χ1) is 8.42. The third-order valence-corrected chi connectivity index (χ3v) is 3.81. The lowest BCUT2D eigenvalue weighted by Gasteiger charge is -2.06. The Morgan fingerprint density at radius 2 is 1.88 bits per heavy atom. The van der Waals surface area contributed by atoms with Gasteiger partial charge in [0.05, 0.1) is 0 Å². The predicted octanol–water partition coefficient (Wildman–Crippen LogP) is 4.31. The molecular formula is C17H18. The summed E-state index contributed by atoms with van der Waals surface area (Å²) in [6.07, 6.45) is 15.2. The molecule has 1 fully saturated rings. The Hall–Kier alpha value is -1.56. The lowest BCUT2D eigenvalue weighted by atomic mass is 9.99. The molecule has 2 bridgehead atoms. The number of fused-ring (bicyclic) bond motifs is 2. The molecule has 2 aliphatic carbocycles. The van der Waals surface area contributed by atoms with E-state index in [1.807, 2.05) is 0 Å². The lowest BCUT2D eigenvalue weighted by molar-refractivity contribution is 0.651. The van der Waals surface area contributed by atoms with Gasteiger partial charge in [0, 0.05) is 0 Å². The van der Waals surface area contributed by atoms with Gasteiger partial charge in [-0.25, -0.2) is 0 Å². The van der Waals surface area contributed by atoms with Crippen LogP contribution in [0.15, 0.2) is 66.3 Å². The summed E-state index contributed by atoms with van der Waals surface area (Å²) in [6.45, 7) is 0. The maximum absolute atomic E-state index is 2.45. The molecule has 2 aliphatic rings. The van der Waals surface area contributed by atoms with Gasteiger partial charge in [-0.1, -0.05) is 66.3 Å². The quantitative estimate of drug-likeness (QED) is 0.654. The van der Waals surface area contributed by atoms with Crippen LogP contribution in [0.2, 0.25) is 0 Å². The smallest absolute Gasteiger partial charge is 0.00141 e. The first kappa shape index (κ1) is 10.6. The SMILES string of the molecule is C1=CC2C/C(=C\Cc3ccccc3)C(C=C1)C2. The minimum Gasteiger partial charge on any atom is -0.0811 e. The Morgan fingerprint density at radius 3 is 2.76 bits per heavy atom. The molecule has 0 spiro atoms. The number of hydrogen-bond acceptors (Lipinski definition) is 0. The first-order valence-corrected chi connectivity index (χ1v) is 6.49. The van der Waals surface area contributed by atoms with Crippen molar-refractivity contribution in [3.8, 4) is 0 Å². The Morgan fingerprint density at radius 1 is 1.06 bits per heavy atom. The lowest BCUT2D eigenvalue weighted by Crippen LogP contribution is -1.92. The van der Waals surface area contributed by atoms with Crippen LogP contribution < -0.4 is 0 Å².